The molecule has 4 unspecified atom stereocenters. The van der Waals surface area contributed by atoms with E-state index >= 15 is 0 Å². The molecule has 2 saturated heterocycles. The number of piperazine rings is 2. The summed E-state index contributed by atoms with van der Waals surface area (Å²) in [5.41, 5.74) is 2.85. The largest absolute Gasteiger partial charge is 0.464 e. The molecule has 0 aromatic carbocycles. The Morgan fingerprint density at radius 2 is 1.11 bits per heavy atom. The predicted octanol–water partition coefficient (Wildman–Crippen LogP) is -0.789. The summed E-state index contributed by atoms with van der Waals surface area (Å²) < 4.78 is 9.94. The number of hydrogen-bond acceptors (Lipinski definition) is 10. The first kappa shape index (κ1) is 27.0. The Bertz CT molecular complexity index is 974. The molecule has 4 amide bonds. The first-order chi connectivity index (χ1) is 17.0. The van der Waals surface area contributed by atoms with Gasteiger partial charge in [0.2, 0.25) is 23.6 Å². The van der Waals surface area contributed by atoms with Gasteiger partial charge in [0.05, 0.1) is 13.1 Å². The Labute approximate surface area is 208 Å². The number of benzene rings is 1. The Morgan fingerprint density at radius 3 is 1.36 bits per heavy atom. The lowest BCUT2D eigenvalue weighted by atomic mass is 9.95. The summed E-state index contributed by atoms with van der Waals surface area (Å²) in [5.74, 6) is -3.37. The SMILES string of the molecule is CC(=O)OCC1C(=O)NC(=O)CN1C(C)C(C)N1CC(=O)NC(=O)C1COC(C)=O.c1cc2ccc1-2. The van der Waals surface area contributed by atoms with Crippen LogP contribution < -0.4 is 10.6 Å². The molecule has 0 saturated carbocycles. The summed E-state index contributed by atoms with van der Waals surface area (Å²) in [4.78, 5) is 74.0. The third-order valence-electron chi connectivity index (χ3n) is 6.44. The summed E-state index contributed by atoms with van der Waals surface area (Å²) in [5, 5.41) is 4.42. The van der Waals surface area contributed by atoms with Crippen molar-refractivity contribution in [2.75, 3.05) is 26.3 Å². The van der Waals surface area contributed by atoms with Gasteiger partial charge in [0.15, 0.2) is 0 Å². The van der Waals surface area contributed by atoms with E-state index in [-0.39, 0.29) is 26.3 Å². The maximum absolute atomic E-state index is 12.3. The van der Waals surface area contributed by atoms with E-state index in [4.69, 9.17) is 9.47 Å². The van der Waals surface area contributed by atoms with Gasteiger partial charge in [-0.2, -0.15) is 0 Å². The molecule has 0 aromatic heterocycles. The molecule has 12 nitrogen and oxygen atoms in total. The number of hydrogen-bond donors (Lipinski definition) is 2. The maximum atomic E-state index is 12.3. The fraction of sp³-hybridized carbons (Fsp3) is 0.500. The zero-order valence-corrected chi connectivity index (χ0v) is 20.6. The van der Waals surface area contributed by atoms with E-state index in [0.717, 1.165) is 0 Å². The van der Waals surface area contributed by atoms with Gasteiger partial charge in [0.25, 0.3) is 0 Å². The molecule has 0 bridgehead atoms. The van der Waals surface area contributed by atoms with Gasteiger partial charge in [-0.05, 0) is 25.0 Å². The van der Waals surface area contributed by atoms with Crippen LogP contribution in [-0.2, 0) is 38.2 Å². The second-order valence-corrected chi connectivity index (χ2v) is 8.86. The smallest absolute Gasteiger partial charge is 0.302 e. The molecule has 4 aliphatic rings. The minimum atomic E-state index is -0.912. The number of nitrogens with zero attached hydrogens (tertiary/aromatic N) is 2. The number of imide groups is 2. The molecule has 194 valence electrons. The molecule has 2 fully saturated rings. The highest BCUT2D eigenvalue weighted by atomic mass is 16.5. The predicted molar refractivity (Wildman–Crippen MR) is 125 cm³/mol. The Morgan fingerprint density at radius 1 is 0.778 bits per heavy atom. The van der Waals surface area contributed by atoms with Gasteiger partial charge in [-0.1, -0.05) is 24.3 Å². The first-order valence-electron chi connectivity index (χ1n) is 11.5. The van der Waals surface area contributed by atoms with Crippen LogP contribution in [0.4, 0.5) is 0 Å². The monoisotopic (exact) mass is 502 g/mol. The summed E-state index contributed by atoms with van der Waals surface area (Å²) in [6, 6.07) is 5.66. The molecule has 4 rings (SSSR count). The molecule has 2 N–H and O–H groups in total. The molecular weight excluding hydrogens is 472 g/mol. The van der Waals surface area contributed by atoms with Crippen molar-refractivity contribution in [1.29, 1.82) is 0 Å². The molecule has 2 heterocycles. The van der Waals surface area contributed by atoms with E-state index in [1.165, 1.54) is 25.0 Å². The van der Waals surface area contributed by atoms with Gasteiger partial charge in [-0.15, -0.1) is 0 Å². The van der Waals surface area contributed by atoms with Gasteiger partial charge in [-0.3, -0.25) is 49.2 Å². The lowest BCUT2D eigenvalue weighted by molar-refractivity contribution is -0.156. The van der Waals surface area contributed by atoms with Crippen LogP contribution in [0, 0.1) is 0 Å². The van der Waals surface area contributed by atoms with Gasteiger partial charge < -0.3 is 9.47 Å². The van der Waals surface area contributed by atoms with Gasteiger partial charge >= 0.3 is 11.9 Å². The second-order valence-electron chi connectivity index (χ2n) is 8.86. The van der Waals surface area contributed by atoms with E-state index in [1.54, 1.807) is 23.6 Å². The topological polar surface area (TPSA) is 151 Å². The number of nitrogens with one attached hydrogen (secondary N) is 2. The van der Waals surface area contributed by atoms with Crippen molar-refractivity contribution in [2.24, 2.45) is 0 Å². The van der Waals surface area contributed by atoms with Gasteiger partial charge in [-0.25, -0.2) is 0 Å². The Kier molecular flexibility index (Phi) is 8.53. The van der Waals surface area contributed by atoms with Crippen LogP contribution in [0.1, 0.15) is 27.7 Å². The number of esters is 2. The highest BCUT2D eigenvalue weighted by Gasteiger charge is 2.44. The van der Waals surface area contributed by atoms with Crippen molar-refractivity contribution in [3.8, 4) is 11.1 Å². The standard InChI is InChI=1S/C18H26N4O8.C6H4/c1-9(21-5-15(25)19-17(27)13(21)7-29-11(3)23)10(2)22-6-16(26)20-18(28)14(22)8-30-12(4)24;1-2-6-4-3-5(1)6/h9-10,13-14H,5-8H2,1-4H3,(H,19,25,27)(H,20,26,28);1-4H. The van der Waals surface area contributed by atoms with Crippen molar-refractivity contribution in [1.82, 2.24) is 20.4 Å². The zero-order valence-electron chi connectivity index (χ0n) is 20.6. The quantitative estimate of drug-likeness (QED) is 0.364. The second kappa shape index (κ2) is 11.4. The number of rotatable bonds is 7. The number of carbonyl (C=O) groups is 6. The molecule has 2 aliphatic carbocycles. The third-order valence-corrected chi connectivity index (χ3v) is 6.44. The van der Waals surface area contributed by atoms with Crippen LogP contribution >= 0.6 is 0 Å². The number of fused-ring (bicyclic) bond motifs is 1. The van der Waals surface area contributed by atoms with Crippen LogP contribution in [0.15, 0.2) is 24.3 Å². The third kappa shape index (κ3) is 6.32. The average Bonchev–Trinajstić information content (AvgIpc) is 2.78. The van der Waals surface area contributed by atoms with Crippen molar-refractivity contribution in [3.63, 3.8) is 0 Å². The van der Waals surface area contributed by atoms with Crippen LogP contribution in [0.2, 0.25) is 0 Å². The first-order valence-corrected chi connectivity index (χ1v) is 11.5. The van der Waals surface area contributed by atoms with Crippen molar-refractivity contribution in [2.45, 2.75) is 51.9 Å². The highest BCUT2D eigenvalue weighted by molar-refractivity contribution is 6.02. The Balaban J connectivity index is 0.000000513. The van der Waals surface area contributed by atoms with Crippen molar-refractivity contribution >= 4 is 35.6 Å². The summed E-state index contributed by atoms with van der Waals surface area (Å²) in [7, 11) is 0. The molecule has 4 atom stereocenters. The fourth-order valence-electron chi connectivity index (χ4n) is 4.18. The van der Waals surface area contributed by atoms with Crippen LogP contribution in [0.25, 0.3) is 11.1 Å². The van der Waals surface area contributed by atoms with Crippen LogP contribution in [0.3, 0.4) is 0 Å². The van der Waals surface area contributed by atoms with E-state index in [0.29, 0.717) is 0 Å². The lowest BCUT2D eigenvalue weighted by Gasteiger charge is -2.45. The van der Waals surface area contributed by atoms with Crippen LogP contribution in [0.5, 0.6) is 0 Å². The normalized spacial score (nSPS) is 22.9. The minimum absolute atomic E-state index is 0.133. The molecule has 0 radical (unpaired) electrons. The zero-order chi connectivity index (χ0) is 26.6. The minimum Gasteiger partial charge on any atom is -0.464 e. The molecule has 0 spiro atoms. The molecule has 0 aromatic rings. The molecule has 2 aliphatic heterocycles. The summed E-state index contributed by atoms with van der Waals surface area (Å²) in [6.07, 6.45) is 0. The summed E-state index contributed by atoms with van der Waals surface area (Å²) in [6.45, 7) is 5.12. The van der Waals surface area contributed by atoms with Crippen molar-refractivity contribution < 1.29 is 38.2 Å². The number of carbonyl (C=O) groups excluding carboxylic acids is 6. The van der Waals surface area contributed by atoms with E-state index in [1.807, 2.05) is 0 Å². The lowest BCUT2D eigenvalue weighted by Crippen LogP contribution is -2.68. The van der Waals surface area contributed by atoms with Gasteiger partial charge in [0, 0.05) is 25.9 Å². The highest BCUT2D eigenvalue weighted by Crippen LogP contribution is 2.29. The summed E-state index contributed by atoms with van der Waals surface area (Å²) >= 11 is 0. The van der Waals surface area contributed by atoms with Crippen molar-refractivity contribution in [3.05, 3.63) is 24.3 Å². The molecule has 12 heteroatoms. The van der Waals surface area contributed by atoms with E-state index < -0.39 is 59.7 Å². The number of ether oxygens (including phenoxy) is 2. The maximum Gasteiger partial charge on any atom is 0.302 e. The van der Waals surface area contributed by atoms with Crippen LogP contribution in [-0.4, -0.2) is 95.8 Å². The van der Waals surface area contributed by atoms with Gasteiger partial charge in [0.1, 0.15) is 25.3 Å². The van der Waals surface area contributed by atoms with E-state index in [2.05, 4.69) is 34.9 Å². The molecule has 36 heavy (non-hydrogen) atoms. The fourth-order valence-corrected chi connectivity index (χ4v) is 4.18. The average molecular weight is 503 g/mol. The van der Waals surface area contributed by atoms with E-state index in [9.17, 15) is 28.8 Å². The Hall–Kier alpha value is -3.64. The number of amides is 4. The molecular formula is C24H30N4O8.